The molecule has 160 valence electrons. The summed E-state index contributed by atoms with van der Waals surface area (Å²) in [6.07, 6.45) is 4.37. The van der Waals surface area contributed by atoms with Gasteiger partial charge in [0, 0.05) is 12.1 Å². The van der Waals surface area contributed by atoms with Crippen LogP contribution in [0.25, 0.3) is 12.2 Å². The molecular weight excluding hydrogens is 396 g/mol. The van der Waals surface area contributed by atoms with Gasteiger partial charge in [-0.3, -0.25) is 4.79 Å². The lowest BCUT2D eigenvalue weighted by atomic mass is 10.1. The zero-order valence-corrected chi connectivity index (χ0v) is 17.8. The maximum Gasteiger partial charge on any atom is 0.336 e. The van der Waals surface area contributed by atoms with Gasteiger partial charge in [0.2, 0.25) is 0 Å². The minimum atomic E-state index is -0.577. The molecule has 2 aromatic rings. The lowest BCUT2D eigenvalue weighted by Crippen LogP contribution is -2.30. The molecule has 0 bridgehead atoms. The molecule has 0 aliphatic heterocycles. The van der Waals surface area contributed by atoms with Crippen molar-refractivity contribution in [3.63, 3.8) is 0 Å². The summed E-state index contributed by atoms with van der Waals surface area (Å²) in [5.41, 5.74) is 1.33. The summed E-state index contributed by atoms with van der Waals surface area (Å²) in [6, 6.07) is 13.7. The predicted molar refractivity (Wildman–Crippen MR) is 118 cm³/mol. The number of hydrogen-bond acceptors (Lipinski definition) is 6. The minimum absolute atomic E-state index is 0.0390. The zero-order chi connectivity index (χ0) is 22.8. The highest BCUT2D eigenvalue weighted by Gasteiger charge is 2.12. The summed E-state index contributed by atoms with van der Waals surface area (Å²) in [7, 11) is 3.02. The zero-order valence-electron chi connectivity index (χ0n) is 17.8. The number of benzene rings is 2. The van der Waals surface area contributed by atoms with E-state index in [1.165, 1.54) is 19.3 Å². The van der Waals surface area contributed by atoms with Crippen molar-refractivity contribution < 1.29 is 23.8 Å². The van der Waals surface area contributed by atoms with Crippen LogP contribution in [-0.4, -0.2) is 32.1 Å². The summed E-state index contributed by atoms with van der Waals surface area (Å²) >= 11 is 0. The van der Waals surface area contributed by atoms with Crippen molar-refractivity contribution in [1.82, 2.24) is 5.32 Å². The van der Waals surface area contributed by atoms with Gasteiger partial charge in [0.25, 0.3) is 5.91 Å². The van der Waals surface area contributed by atoms with E-state index in [0.717, 1.165) is 11.3 Å². The van der Waals surface area contributed by atoms with Gasteiger partial charge in [-0.1, -0.05) is 18.2 Å². The number of nitriles is 1. The number of nitrogens with one attached hydrogen (secondary N) is 1. The predicted octanol–water partition coefficient (Wildman–Crippen LogP) is 3.75. The number of nitrogens with zero attached hydrogens (tertiary/aromatic N) is 1. The van der Waals surface area contributed by atoms with Gasteiger partial charge in [0.05, 0.1) is 14.2 Å². The average Bonchev–Trinajstić information content (AvgIpc) is 2.76. The van der Waals surface area contributed by atoms with E-state index < -0.39 is 11.9 Å². The first-order valence-corrected chi connectivity index (χ1v) is 9.51. The molecule has 0 saturated heterocycles. The largest absolute Gasteiger partial charge is 0.497 e. The van der Waals surface area contributed by atoms with Crippen molar-refractivity contribution >= 4 is 24.0 Å². The molecule has 0 unspecified atom stereocenters. The van der Waals surface area contributed by atoms with Crippen LogP contribution in [-0.2, 0) is 9.59 Å². The average molecular weight is 420 g/mol. The van der Waals surface area contributed by atoms with Crippen molar-refractivity contribution in [2.75, 3.05) is 14.2 Å². The Labute approximate surface area is 181 Å². The quantitative estimate of drug-likeness (QED) is 0.302. The molecular formula is C24H24N2O5. The fourth-order valence-electron chi connectivity index (χ4n) is 2.54. The molecule has 0 atom stereocenters. The molecule has 2 aromatic carbocycles. The topological polar surface area (TPSA) is 97.7 Å². The van der Waals surface area contributed by atoms with E-state index >= 15 is 0 Å². The molecule has 0 heterocycles. The smallest absolute Gasteiger partial charge is 0.336 e. The Morgan fingerprint density at radius 3 is 2.26 bits per heavy atom. The summed E-state index contributed by atoms with van der Waals surface area (Å²) in [6.45, 7) is 3.62. The lowest BCUT2D eigenvalue weighted by Gasteiger charge is -2.10. The molecule has 2 rings (SSSR count). The summed E-state index contributed by atoms with van der Waals surface area (Å²) in [5.74, 6) is 0.192. The molecule has 0 aliphatic carbocycles. The van der Waals surface area contributed by atoms with Gasteiger partial charge in [-0.05, 0) is 61.4 Å². The van der Waals surface area contributed by atoms with Crippen LogP contribution >= 0.6 is 0 Å². The third kappa shape index (κ3) is 7.05. The summed E-state index contributed by atoms with van der Waals surface area (Å²) in [4.78, 5) is 24.2. The molecule has 0 radical (unpaired) electrons. The summed E-state index contributed by atoms with van der Waals surface area (Å²) in [5, 5.41) is 11.9. The van der Waals surface area contributed by atoms with Gasteiger partial charge in [-0.15, -0.1) is 0 Å². The highest BCUT2D eigenvalue weighted by Crippen LogP contribution is 2.29. The van der Waals surface area contributed by atoms with Crippen LogP contribution < -0.4 is 19.5 Å². The number of methoxy groups -OCH3 is 2. The van der Waals surface area contributed by atoms with Gasteiger partial charge >= 0.3 is 5.97 Å². The van der Waals surface area contributed by atoms with Crippen LogP contribution in [0.5, 0.6) is 17.2 Å². The SMILES string of the molecule is COc1ccc(/C=C/C(=O)Oc2ccc(/C=C(\C#N)C(=O)NC(C)C)cc2OC)cc1. The van der Waals surface area contributed by atoms with Crippen molar-refractivity contribution in [1.29, 1.82) is 5.26 Å². The second kappa shape index (κ2) is 11.2. The van der Waals surface area contributed by atoms with Crippen LogP contribution in [0.3, 0.4) is 0 Å². The van der Waals surface area contributed by atoms with Crippen molar-refractivity contribution in [3.05, 3.63) is 65.2 Å². The van der Waals surface area contributed by atoms with Crippen molar-refractivity contribution in [3.8, 4) is 23.3 Å². The standard InChI is InChI=1S/C24H24N2O5/c1-16(2)26-24(28)19(15-25)13-18-7-11-21(22(14-18)30-4)31-23(27)12-8-17-5-9-20(29-3)10-6-17/h5-14,16H,1-4H3,(H,26,28)/b12-8+,19-13+. The van der Waals surface area contributed by atoms with Crippen LogP contribution in [0.15, 0.2) is 54.1 Å². The first kappa shape index (κ1) is 23.2. The molecule has 7 nitrogen and oxygen atoms in total. The van der Waals surface area contributed by atoms with E-state index in [4.69, 9.17) is 14.2 Å². The third-order valence-electron chi connectivity index (χ3n) is 4.02. The van der Waals surface area contributed by atoms with E-state index in [2.05, 4.69) is 5.32 Å². The first-order chi connectivity index (χ1) is 14.9. The van der Waals surface area contributed by atoms with Gasteiger partial charge in [0.15, 0.2) is 11.5 Å². The summed E-state index contributed by atoms with van der Waals surface area (Å²) < 4.78 is 15.7. The van der Waals surface area contributed by atoms with Crippen LogP contribution in [0.1, 0.15) is 25.0 Å². The molecule has 7 heteroatoms. The number of carbonyl (C=O) groups excluding carboxylic acids is 2. The number of rotatable bonds is 8. The lowest BCUT2D eigenvalue weighted by molar-refractivity contribution is -0.129. The fraction of sp³-hybridized carbons (Fsp3) is 0.208. The Balaban J connectivity index is 2.14. The van der Waals surface area contributed by atoms with E-state index in [1.807, 2.05) is 32.0 Å². The van der Waals surface area contributed by atoms with Crippen molar-refractivity contribution in [2.24, 2.45) is 0 Å². The Morgan fingerprint density at radius 1 is 1.00 bits per heavy atom. The van der Waals surface area contributed by atoms with E-state index in [9.17, 15) is 14.9 Å². The molecule has 1 N–H and O–H groups in total. The second-order valence-corrected chi connectivity index (χ2v) is 6.74. The van der Waals surface area contributed by atoms with E-state index in [0.29, 0.717) is 11.3 Å². The number of esters is 1. The molecule has 0 fully saturated rings. The molecule has 0 aromatic heterocycles. The normalized spacial score (nSPS) is 11.2. The van der Waals surface area contributed by atoms with Crippen LogP contribution in [0.4, 0.5) is 0 Å². The number of hydrogen-bond donors (Lipinski definition) is 1. The fourth-order valence-corrected chi connectivity index (χ4v) is 2.54. The van der Waals surface area contributed by atoms with Gasteiger partial charge in [-0.2, -0.15) is 5.26 Å². The maximum atomic E-state index is 12.2. The molecule has 1 amide bonds. The maximum absolute atomic E-state index is 12.2. The molecule has 0 saturated carbocycles. The van der Waals surface area contributed by atoms with Gasteiger partial charge < -0.3 is 19.5 Å². The number of amides is 1. The van der Waals surface area contributed by atoms with Gasteiger partial charge in [-0.25, -0.2) is 4.79 Å². The van der Waals surface area contributed by atoms with Crippen LogP contribution in [0.2, 0.25) is 0 Å². The van der Waals surface area contributed by atoms with Crippen molar-refractivity contribution in [2.45, 2.75) is 19.9 Å². The molecule has 0 aliphatic rings. The minimum Gasteiger partial charge on any atom is -0.497 e. The second-order valence-electron chi connectivity index (χ2n) is 6.74. The van der Waals surface area contributed by atoms with E-state index in [1.54, 1.807) is 43.5 Å². The number of carbonyl (C=O) groups is 2. The first-order valence-electron chi connectivity index (χ1n) is 9.51. The highest BCUT2D eigenvalue weighted by molar-refractivity contribution is 6.01. The third-order valence-corrected chi connectivity index (χ3v) is 4.02. The molecule has 0 spiro atoms. The Kier molecular flexibility index (Phi) is 8.41. The number of ether oxygens (including phenoxy) is 3. The monoisotopic (exact) mass is 420 g/mol. The Hall–Kier alpha value is -4.05. The Bertz CT molecular complexity index is 1030. The Morgan fingerprint density at radius 2 is 1.68 bits per heavy atom. The van der Waals surface area contributed by atoms with Crippen LogP contribution in [0, 0.1) is 11.3 Å². The molecule has 31 heavy (non-hydrogen) atoms. The highest BCUT2D eigenvalue weighted by atomic mass is 16.6. The van der Waals surface area contributed by atoms with E-state index in [-0.39, 0.29) is 17.4 Å². The van der Waals surface area contributed by atoms with Gasteiger partial charge in [0.1, 0.15) is 17.4 Å².